The molecular weight excluding hydrogens is 377 g/mol. The van der Waals surface area contributed by atoms with Crippen LogP contribution in [0.3, 0.4) is 0 Å². The minimum atomic E-state index is -0.495. The highest BCUT2D eigenvalue weighted by Gasteiger charge is 2.21. The van der Waals surface area contributed by atoms with Crippen molar-refractivity contribution in [2.45, 2.75) is 17.3 Å². The van der Waals surface area contributed by atoms with Gasteiger partial charge in [0.1, 0.15) is 5.82 Å². The number of nitrogens with two attached hydrogens (primary N) is 1. The van der Waals surface area contributed by atoms with Gasteiger partial charge in [0.15, 0.2) is 5.82 Å². The summed E-state index contributed by atoms with van der Waals surface area (Å²) in [5, 5.41) is 11.1. The van der Waals surface area contributed by atoms with Gasteiger partial charge in [-0.15, -0.1) is 10.2 Å². The molecule has 0 aliphatic carbocycles. The first-order chi connectivity index (χ1) is 12.5. The lowest BCUT2D eigenvalue weighted by Gasteiger charge is -2.11. The summed E-state index contributed by atoms with van der Waals surface area (Å²) in [5.74, 6) is 5.49. The SMILES string of the molecule is CC(Sc1nnc(-c2ccccc2F)n1N)C(=O)Nc1ccc(Cl)cc1. The van der Waals surface area contributed by atoms with Crippen molar-refractivity contribution in [3.63, 3.8) is 0 Å². The Hall–Kier alpha value is -2.58. The molecule has 0 spiro atoms. The van der Waals surface area contributed by atoms with E-state index in [2.05, 4.69) is 15.5 Å². The zero-order chi connectivity index (χ0) is 18.7. The van der Waals surface area contributed by atoms with Crippen LogP contribution in [0, 0.1) is 5.82 Å². The van der Waals surface area contributed by atoms with E-state index >= 15 is 0 Å². The predicted octanol–water partition coefficient (Wildman–Crippen LogP) is 3.57. The minimum Gasteiger partial charge on any atom is -0.335 e. The number of hydrogen-bond donors (Lipinski definition) is 2. The number of anilines is 1. The predicted molar refractivity (Wildman–Crippen MR) is 101 cm³/mol. The van der Waals surface area contributed by atoms with Gasteiger partial charge in [-0.3, -0.25) is 4.79 Å². The van der Waals surface area contributed by atoms with E-state index in [9.17, 15) is 9.18 Å². The number of rotatable bonds is 5. The van der Waals surface area contributed by atoms with Gasteiger partial charge in [-0.25, -0.2) is 9.07 Å². The Balaban J connectivity index is 1.71. The molecule has 1 atom stereocenters. The highest BCUT2D eigenvalue weighted by Crippen LogP contribution is 2.26. The highest BCUT2D eigenvalue weighted by molar-refractivity contribution is 8.00. The molecule has 2 aromatic carbocycles. The van der Waals surface area contributed by atoms with Crippen LogP contribution in [0.15, 0.2) is 53.7 Å². The summed E-state index contributed by atoms with van der Waals surface area (Å²) in [5.41, 5.74) is 0.876. The number of amides is 1. The quantitative estimate of drug-likeness (QED) is 0.513. The van der Waals surface area contributed by atoms with Gasteiger partial charge < -0.3 is 11.2 Å². The van der Waals surface area contributed by atoms with Gasteiger partial charge in [0.2, 0.25) is 11.1 Å². The van der Waals surface area contributed by atoms with Crippen molar-refractivity contribution in [2.75, 3.05) is 11.2 Å². The van der Waals surface area contributed by atoms with Gasteiger partial charge in [0.05, 0.1) is 10.8 Å². The molecule has 0 aliphatic rings. The molecule has 0 radical (unpaired) electrons. The molecule has 3 rings (SSSR count). The average Bonchev–Trinajstić information content (AvgIpc) is 2.98. The summed E-state index contributed by atoms with van der Waals surface area (Å²) in [6, 6.07) is 12.9. The molecule has 0 saturated heterocycles. The van der Waals surface area contributed by atoms with E-state index in [0.717, 1.165) is 11.8 Å². The van der Waals surface area contributed by atoms with Crippen LogP contribution >= 0.6 is 23.4 Å². The zero-order valence-electron chi connectivity index (χ0n) is 13.7. The number of carbonyl (C=O) groups excluding carboxylic acids is 1. The zero-order valence-corrected chi connectivity index (χ0v) is 15.3. The third-order valence-corrected chi connectivity index (χ3v) is 4.85. The smallest absolute Gasteiger partial charge is 0.237 e. The summed E-state index contributed by atoms with van der Waals surface area (Å²) in [6.45, 7) is 1.72. The fraction of sp³-hybridized carbons (Fsp3) is 0.118. The lowest BCUT2D eigenvalue weighted by Crippen LogP contribution is -2.23. The summed E-state index contributed by atoms with van der Waals surface area (Å²) in [4.78, 5) is 12.3. The molecule has 9 heteroatoms. The van der Waals surface area contributed by atoms with Gasteiger partial charge >= 0.3 is 0 Å². The van der Waals surface area contributed by atoms with Gasteiger partial charge in [0.25, 0.3) is 0 Å². The van der Waals surface area contributed by atoms with E-state index in [1.165, 1.54) is 10.7 Å². The number of nitrogens with zero attached hydrogens (tertiary/aromatic N) is 3. The van der Waals surface area contributed by atoms with Crippen LogP contribution in [-0.2, 0) is 4.79 Å². The highest BCUT2D eigenvalue weighted by atomic mass is 35.5. The Bertz CT molecular complexity index is 931. The summed E-state index contributed by atoms with van der Waals surface area (Å²) in [7, 11) is 0. The second-order valence-corrected chi connectivity index (χ2v) is 7.16. The van der Waals surface area contributed by atoms with Crippen LogP contribution in [0.25, 0.3) is 11.4 Å². The molecule has 0 bridgehead atoms. The van der Waals surface area contributed by atoms with Crippen LogP contribution < -0.4 is 11.2 Å². The van der Waals surface area contributed by atoms with Crippen molar-refractivity contribution in [2.24, 2.45) is 0 Å². The molecule has 3 aromatic rings. The average molecular weight is 392 g/mol. The van der Waals surface area contributed by atoms with Gasteiger partial charge in [-0.1, -0.05) is 35.5 Å². The molecule has 134 valence electrons. The summed E-state index contributed by atoms with van der Waals surface area (Å²) >= 11 is 6.95. The Labute approximate surface area is 158 Å². The molecule has 26 heavy (non-hydrogen) atoms. The minimum absolute atomic E-state index is 0.191. The Morgan fingerprint density at radius 3 is 2.62 bits per heavy atom. The number of benzene rings is 2. The van der Waals surface area contributed by atoms with E-state index in [0.29, 0.717) is 15.9 Å². The van der Waals surface area contributed by atoms with Crippen molar-refractivity contribution in [3.8, 4) is 11.4 Å². The van der Waals surface area contributed by atoms with Crippen molar-refractivity contribution >= 4 is 35.0 Å². The van der Waals surface area contributed by atoms with Gasteiger partial charge in [0, 0.05) is 10.7 Å². The van der Waals surface area contributed by atoms with Gasteiger partial charge in [-0.2, -0.15) is 0 Å². The fourth-order valence-electron chi connectivity index (χ4n) is 2.17. The second kappa shape index (κ2) is 7.76. The summed E-state index contributed by atoms with van der Waals surface area (Å²) < 4.78 is 15.1. The van der Waals surface area contributed by atoms with Gasteiger partial charge in [-0.05, 0) is 43.3 Å². The number of hydrogen-bond acceptors (Lipinski definition) is 5. The van der Waals surface area contributed by atoms with E-state index in [1.54, 1.807) is 49.4 Å². The molecule has 3 N–H and O–H groups in total. The van der Waals surface area contributed by atoms with Crippen molar-refractivity contribution < 1.29 is 9.18 Å². The van der Waals surface area contributed by atoms with E-state index in [4.69, 9.17) is 17.4 Å². The number of thioether (sulfide) groups is 1. The van der Waals surface area contributed by atoms with Crippen LogP contribution in [-0.4, -0.2) is 26.0 Å². The maximum absolute atomic E-state index is 13.9. The monoisotopic (exact) mass is 391 g/mol. The molecule has 1 amide bonds. The molecule has 1 heterocycles. The molecule has 0 fully saturated rings. The lowest BCUT2D eigenvalue weighted by atomic mass is 10.2. The molecule has 1 aromatic heterocycles. The first-order valence-electron chi connectivity index (χ1n) is 7.64. The van der Waals surface area contributed by atoms with Crippen LogP contribution in [0.2, 0.25) is 5.02 Å². The third-order valence-electron chi connectivity index (χ3n) is 3.54. The molecule has 1 unspecified atom stereocenters. The summed E-state index contributed by atoms with van der Waals surface area (Å²) in [6.07, 6.45) is 0. The largest absolute Gasteiger partial charge is 0.335 e. The number of halogens is 2. The number of nitrogen functional groups attached to an aromatic ring is 1. The van der Waals surface area contributed by atoms with Crippen LogP contribution in [0.4, 0.5) is 10.1 Å². The van der Waals surface area contributed by atoms with Crippen molar-refractivity contribution in [1.82, 2.24) is 14.9 Å². The van der Waals surface area contributed by atoms with E-state index < -0.39 is 11.1 Å². The van der Waals surface area contributed by atoms with E-state index in [-0.39, 0.29) is 17.3 Å². The number of nitrogens with one attached hydrogen (secondary N) is 1. The van der Waals surface area contributed by atoms with E-state index in [1.807, 2.05) is 0 Å². The Morgan fingerprint density at radius 1 is 1.23 bits per heavy atom. The second-order valence-electron chi connectivity index (χ2n) is 5.41. The lowest BCUT2D eigenvalue weighted by molar-refractivity contribution is -0.115. The number of aromatic nitrogens is 3. The molecular formula is C17H15ClFN5OS. The molecule has 0 aliphatic heterocycles. The topological polar surface area (TPSA) is 85.8 Å². The first-order valence-corrected chi connectivity index (χ1v) is 8.90. The third kappa shape index (κ3) is 3.97. The maximum atomic E-state index is 13.9. The van der Waals surface area contributed by atoms with Crippen LogP contribution in [0.1, 0.15) is 6.92 Å². The van der Waals surface area contributed by atoms with Crippen molar-refractivity contribution in [3.05, 3.63) is 59.4 Å². The standard InChI is InChI=1S/C17H15ClFN5OS/c1-10(16(25)21-12-8-6-11(18)7-9-12)26-17-23-22-15(24(17)20)13-4-2-3-5-14(13)19/h2-10H,20H2,1H3,(H,21,25). The normalized spacial score (nSPS) is 12.0. The molecule has 0 saturated carbocycles. The fourth-order valence-corrected chi connectivity index (χ4v) is 3.07. The Morgan fingerprint density at radius 2 is 1.92 bits per heavy atom. The maximum Gasteiger partial charge on any atom is 0.237 e. The Kier molecular flexibility index (Phi) is 5.43. The first kappa shape index (κ1) is 18.2. The van der Waals surface area contributed by atoms with Crippen LogP contribution in [0.5, 0.6) is 0 Å². The number of carbonyl (C=O) groups is 1. The molecule has 6 nitrogen and oxygen atoms in total. The van der Waals surface area contributed by atoms with Crippen molar-refractivity contribution in [1.29, 1.82) is 0 Å².